The molecule has 5 heteroatoms. The van der Waals surface area contributed by atoms with Crippen LogP contribution in [-0.4, -0.2) is 31.3 Å². The molecule has 148 valence electrons. The second kappa shape index (κ2) is 7.70. The Morgan fingerprint density at radius 3 is 2.04 bits per heavy atom. The van der Waals surface area contributed by atoms with Crippen molar-refractivity contribution >= 4 is 15.7 Å². The van der Waals surface area contributed by atoms with Gasteiger partial charge in [-0.25, -0.2) is 8.42 Å². The number of hydrogen-bond acceptors (Lipinski definition) is 3. The van der Waals surface area contributed by atoms with Crippen molar-refractivity contribution in [1.82, 2.24) is 4.90 Å². The largest absolute Gasteiger partial charge is 0.333 e. The molecule has 0 bridgehead atoms. The molecular weight excluding hydrogens is 370 g/mol. The lowest BCUT2D eigenvalue weighted by Gasteiger charge is -2.29. The molecule has 0 atom stereocenters. The second-order valence-electron chi connectivity index (χ2n) is 8.15. The molecule has 0 saturated heterocycles. The predicted molar refractivity (Wildman–Crippen MR) is 110 cm³/mol. The molecule has 4 rings (SSSR count). The number of carbonyl (C=O) groups excluding carboxylic acids is 1. The number of amides is 1. The van der Waals surface area contributed by atoms with Crippen LogP contribution in [0.1, 0.15) is 60.0 Å². The molecule has 4 nitrogen and oxygen atoms in total. The van der Waals surface area contributed by atoms with Crippen LogP contribution in [0.3, 0.4) is 0 Å². The maximum atomic E-state index is 13.1. The van der Waals surface area contributed by atoms with Crippen LogP contribution in [0.15, 0.2) is 53.4 Å². The number of nitrogens with zero attached hydrogens (tertiary/aromatic N) is 1. The lowest BCUT2D eigenvalue weighted by molar-refractivity contribution is 0.0664. The highest BCUT2D eigenvalue weighted by atomic mass is 32.2. The van der Waals surface area contributed by atoms with Crippen molar-refractivity contribution in [3.8, 4) is 0 Å². The van der Waals surface area contributed by atoms with Crippen LogP contribution in [0.25, 0.3) is 0 Å². The van der Waals surface area contributed by atoms with E-state index in [0.29, 0.717) is 28.1 Å². The maximum absolute atomic E-state index is 13.1. The Balaban J connectivity index is 1.48. The van der Waals surface area contributed by atoms with Crippen molar-refractivity contribution in [2.45, 2.75) is 68.2 Å². The van der Waals surface area contributed by atoms with Crippen LogP contribution < -0.4 is 0 Å². The fourth-order valence-corrected chi connectivity index (χ4v) is 5.45. The standard InChI is InChI=1S/C23H27NO3S/c1-17-6-14-22(15-7-17)28(26,27)16-18-8-10-19(11-9-18)23(25)24(21-12-13-21)20-4-2-3-5-20/h6-11,14-15,20-21H,2-5,12-13,16H2,1H3. The van der Waals surface area contributed by atoms with Crippen molar-refractivity contribution in [3.63, 3.8) is 0 Å². The van der Waals surface area contributed by atoms with Gasteiger partial charge in [-0.05, 0) is 62.4 Å². The van der Waals surface area contributed by atoms with Crippen molar-refractivity contribution in [2.75, 3.05) is 0 Å². The zero-order valence-corrected chi connectivity index (χ0v) is 17.1. The summed E-state index contributed by atoms with van der Waals surface area (Å²) in [6.07, 6.45) is 6.84. The second-order valence-corrected chi connectivity index (χ2v) is 10.1. The summed E-state index contributed by atoms with van der Waals surface area (Å²) in [7, 11) is -3.39. The van der Waals surface area contributed by atoms with Gasteiger partial charge in [0.2, 0.25) is 0 Å². The summed E-state index contributed by atoms with van der Waals surface area (Å²) >= 11 is 0. The van der Waals surface area contributed by atoms with E-state index in [1.165, 1.54) is 12.8 Å². The quantitative estimate of drug-likeness (QED) is 0.720. The molecule has 0 aromatic heterocycles. The predicted octanol–water partition coefficient (Wildman–Crippen LogP) is 4.52. The Labute approximate surface area is 167 Å². The number of hydrogen-bond donors (Lipinski definition) is 0. The van der Waals surface area contributed by atoms with Crippen molar-refractivity contribution in [1.29, 1.82) is 0 Å². The molecule has 2 aliphatic rings. The van der Waals surface area contributed by atoms with Crippen LogP contribution in [0.4, 0.5) is 0 Å². The molecule has 2 aromatic rings. The van der Waals surface area contributed by atoms with Crippen LogP contribution in [-0.2, 0) is 15.6 Å². The third-order valence-corrected chi connectivity index (χ3v) is 7.53. The molecule has 0 spiro atoms. The Hall–Kier alpha value is -2.14. The van der Waals surface area contributed by atoms with Crippen molar-refractivity contribution in [2.24, 2.45) is 0 Å². The lowest BCUT2D eigenvalue weighted by Crippen LogP contribution is -2.40. The van der Waals surface area contributed by atoms with E-state index in [9.17, 15) is 13.2 Å². The van der Waals surface area contributed by atoms with Gasteiger partial charge < -0.3 is 4.90 Å². The van der Waals surface area contributed by atoms with E-state index in [1.807, 2.05) is 19.1 Å². The smallest absolute Gasteiger partial charge is 0.254 e. The monoisotopic (exact) mass is 397 g/mol. The third kappa shape index (κ3) is 4.14. The van der Waals surface area contributed by atoms with Gasteiger partial charge in [0.25, 0.3) is 5.91 Å². The van der Waals surface area contributed by atoms with Gasteiger partial charge in [0.05, 0.1) is 10.6 Å². The SMILES string of the molecule is Cc1ccc(S(=O)(=O)Cc2ccc(C(=O)N(C3CCCC3)C3CC3)cc2)cc1. The number of carbonyl (C=O) groups is 1. The molecular formula is C23H27NO3S. The number of rotatable bonds is 6. The summed E-state index contributed by atoms with van der Waals surface area (Å²) in [5.74, 6) is 0.0433. The maximum Gasteiger partial charge on any atom is 0.254 e. The molecule has 0 radical (unpaired) electrons. The van der Waals surface area contributed by atoms with E-state index in [2.05, 4.69) is 4.90 Å². The van der Waals surface area contributed by atoms with E-state index in [4.69, 9.17) is 0 Å². The number of benzene rings is 2. The average Bonchev–Trinajstić information content (AvgIpc) is 3.36. The van der Waals surface area contributed by atoms with Crippen molar-refractivity contribution < 1.29 is 13.2 Å². The van der Waals surface area contributed by atoms with Crippen molar-refractivity contribution in [3.05, 3.63) is 65.2 Å². The van der Waals surface area contributed by atoms with E-state index in [0.717, 1.165) is 31.2 Å². The topological polar surface area (TPSA) is 54.5 Å². The molecule has 0 heterocycles. The minimum atomic E-state index is -3.39. The normalized spacial score (nSPS) is 17.6. The van der Waals surface area contributed by atoms with Crippen LogP contribution in [0, 0.1) is 6.92 Å². The Morgan fingerprint density at radius 1 is 0.893 bits per heavy atom. The Kier molecular flexibility index (Phi) is 5.28. The highest BCUT2D eigenvalue weighted by Crippen LogP contribution is 2.35. The summed E-state index contributed by atoms with van der Waals surface area (Å²) in [5.41, 5.74) is 2.40. The van der Waals surface area contributed by atoms with Crippen LogP contribution in [0.5, 0.6) is 0 Å². The molecule has 2 fully saturated rings. The van der Waals surface area contributed by atoms with Gasteiger partial charge >= 0.3 is 0 Å². The van der Waals surface area contributed by atoms with Gasteiger partial charge in [0.1, 0.15) is 0 Å². The molecule has 2 aliphatic carbocycles. The van der Waals surface area contributed by atoms with Gasteiger partial charge in [-0.1, -0.05) is 42.7 Å². The van der Waals surface area contributed by atoms with Gasteiger partial charge in [-0.2, -0.15) is 0 Å². The summed E-state index contributed by atoms with van der Waals surface area (Å²) < 4.78 is 25.3. The summed E-state index contributed by atoms with van der Waals surface area (Å²) in [4.78, 5) is 15.5. The first-order valence-electron chi connectivity index (χ1n) is 10.1. The highest BCUT2D eigenvalue weighted by molar-refractivity contribution is 7.90. The highest BCUT2D eigenvalue weighted by Gasteiger charge is 2.38. The molecule has 0 unspecified atom stereocenters. The average molecular weight is 398 g/mol. The number of sulfone groups is 1. The Bertz CT molecular complexity index is 938. The summed E-state index contributed by atoms with van der Waals surface area (Å²) in [6.45, 7) is 1.93. The van der Waals surface area contributed by atoms with E-state index < -0.39 is 9.84 Å². The molecule has 2 saturated carbocycles. The fraction of sp³-hybridized carbons (Fsp3) is 0.435. The van der Waals surface area contributed by atoms with Crippen LogP contribution in [0.2, 0.25) is 0 Å². The van der Waals surface area contributed by atoms with Crippen LogP contribution >= 0.6 is 0 Å². The zero-order chi connectivity index (χ0) is 19.7. The molecule has 2 aromatic carbocycles. The van der Waals surface area contributed by atoms with Gasteiger partial charge in [0.15, 0.2) is 9.84 Å². The van der Waals surface area contributed by atoms with E-state index in [1.54, 1.807) is 36.4 Å². The van der Waals surface area contributed by atoms with Gasteiger partial charge in [-0.15, -0.1) is 0 Å². The first kappa shape index (κ1) is 19.2. The molecule has 0 aliphatic heterocycles. The third-order valence-electron chi connectivity index (χ3n) is 5.83. The van der Waals surface area contributed by atoms with Gasteiger partial charge in [-0.3, -0.25) is 4.79 Å². The fourth-order valence-electron chi connectivity index (χ4n) is 4.11. The zero-order valence-electron chi connectivity index (χ0n) is 16.3. The van der Waals surface area contributed by atoms with E-state index in [-0.39, 0.29) is 11.7 Å². The summed E-state index contributed by atoms with van der Waals surface area (Å²) in [5, 5.41) is 0. The molecule has 1 amide bonds. The molecule has 28 heavy (non-hydrogen) atoms. The lowest BCUT2D eigenvalue weighted by atomic mass is 10.1. The van der Waals surface area contributed by atoms with E-state index >= 15 is 0 Å². The Morgan fingerprint density at radius 2 is 1.46 bits per heavy atom. The minimum absolute atomic E-state index is 0.0561. The minimum Gasteiger partial charge on any atom is -0.333 e. The first-order chi connectivity index (χ1) is 13.4. The number of aryl methyl sites for hydroxylation is 1. The first-order valence-corrected chi connectivity index (χ1v) is 11.8. The van der Waals surface area contributed by atoms with Gasteiger partial charge in [0, 0.05) is 17.6 Å². The summed E-state index contributed by atoms with van der Waals surface area (Å²) in [6, 6.07) is 14.8. The molecule has 0 N–H and O–H groups in total.